The second-order valence-electron chi connectivity index (χ2n) is 7.01. The molecule has 0 spiro atoms. The van der Waals surface area contributed by atoms with Gasteiger partial charge in [-0.05, 0) is 36.3 Å². The van der Waals surface area contributed by atoms with Crippen LogP contribution in [0.15, 0.2) is 77.4 Å². The SMILES string of the molecule is COc1cc2occ(-c3ccccc3)c2cc1/C(C)=C/C(=O)Nc1ccc(F)c(F)c1. The third-order valence-corrected chi connectivity index (χ3v) is 4.94. The number of carbonyl (C=O) groups is 1. The Morgan fingerprint density at radius 2 is 1.81 bits per heavy atom. The van der Waals surface area contributed by atoms with Crippen LogP contribution in [0, 0.1) is 11.6 Å². The number of amides is 1. The van der Waals surface area contributed by atoms with Crippen molar-refractivity contribution in [1.82, 2.24) is 0 Å². The van der Waals surface area contributed by atoms with E-state index in [0.29, 0.717) is 22.5 Å². The van der Waals surface area contributed by atoms with E-state index in [0.717, 1.165) is 28.6 Å². The predicted octanol–water partition coefficient (Wildman–Crippen LogP) is 6.43. The summed E-state index contributed by atoms with van der Waals surface area (Å²) in [6, 6.07) is 16.7. The van der Waals surface area contributed by atoms with E-state index in [2.05, 4.69) is 5.32 Å². The molecule has 1 N–H and O–H groups in total. The van der Waals surface area contributed by atoms with E-state index in [1.165, 1.54) is 12.1 Å². The van der Waals surface area contributed by atoms with Crippen molar-refractivity contribution in [2.45, 2.75) is 6.92 Å². The number of hydrogen-bond donors (Lipinski definition) is 1. The van der Waals surface area contributed by atoms with Crippen molar-refractivity contribution in [3.05, 3.63) is 90.2 Å². The zero-order valence-corrected chi connectivity index (χ0v) is 16.9. The lowest BCUT2D eigenvalue weighted by atomic mass is 9.99. The number of rotatable bonds is 5. The highest BCUT2D eigenvalue weighted by Gasteiger charge is 2.15. The smallest absolute Gasteiger partial charge is 0.248 e. The highest BCUT2D eigenvalue weighted by Crippen LogP contribution is 2.37. The highest BCUT2D eigenvalue weighted by molar-refractivity contribution is 6.05. The minimum atomic E-state index is -1.03. The molecule has 0 aliphatic rings. The van der Waals surface area contributed by atoms with Gasteiger partial charge >= 0.3 is 0 Å². The summed E-state index contributed by atoms with van der Waals surface area (Å²) < 4.78 is 37.7. The molecule has 6 heteroatoms. The highest BCUT2D eigenvalue weighted by atomic mass is 19.2. The van der Waals surface area contributed by atoms with E-state index in [4.69, 9.17) is 9.15 Å². The molecule has 156 valence electrons. The first kappa shape index (κ1) is 20.3. The third-order valence-electron chi connectivity index (χ3n) is 4.94. The number of carbonyl (C=O) groups excluding carboxylic acids is 1. The summed E-state index contributed by atoms with van der Waals surface area (Å²) in [4.78, 5) is 12.4. The van der Waals surface area contributed by atoms with E-state index in [-0.39, 0.29) is 5.69 Å². The van der Waals surface area contributed by atoms with Crippen LogP contribution in [0.3, 0.4) is 0 Å². The zero-order valence-electron chi connectivity index (χ0n) is 16.9. The van der Waals surface area contributed by atoms with Crippen LogP contribution >= 0.6 is 0 Å². The molecule has 0 unspecified atom stereocenters. The lowest BCUT2D eigenvalue weighted by Gasteiger charge is -2.10. The average Bonchev–Trinajstić information content (AvgIpc) is 3.18. The maximum atomic E-state index is 13.4. The van der Waals surface area contributed by atoms with Gasteiger partial charge in [0.15, 0.2) is 11.6 Å². The summed E-state index contributed by atoms with van der Waals surface area (Å²) in [5.74, 6) is -1.92. The lowest BCUT2D eigenvalue weighted by Crippen LogP contribution is -2.09. The van der Waals surface area contributed by atoms with E-state index in [1.54, 1.807) is 26.4 Å². The maximum absolute atomic E-state index is 13.4. The Hall–Kier alpha value is -3.93. The summed E-state index contributed by atoms with van der Waals surface area (Å²) in [6.07, 6.45) is 3.07. The van der Waals surface area contributed by atoms with Crippen LogP contribution in [0.2, 0.25) is 0 Å². The van der Waals surface area contributed by atoms with Gasteiger partial charge in [0, 0.05) is 40.4 Å². The first-order chi connectivity index (χ1) is 15.0. The summed E-state index contributed by atoms with van der Waals surface area (Å²) in [5.41, 5.74) is 4.12. The topological polar surface area (TPSA) is 51.5 Å². The Labute approximate surface area is 177 Å². The first-order valence-electron chi connectivity index (χ1n) is 9.55. The van der Waals surface area contributed by atoms with E-state index >= 15 is 0 Å². The zero-order chi connectivity index (χ0) is 22.0. The third kappa shape index (κ3) is 4.19. The molecule has 3 aromatic carbocycles. The van der Waals surface area contributed by atoms with E-state index < -0.39 is 17.5 Å². The molecule has 0 saturated carbocycles. The molecule has 0 saturated heterocycles. The standard InChI is InChI=1S/C25H19F2NO3/c1-15(10-25(29)28-17-8-9-21(26)22(27)11-17)18-12-19-20(16-6-4-3-5-7-16)14-31-24(19)13-23(18)30-2/h3-14H,1-2H3,(H,28,29)/b15-10+. The second kappa shape index (κ2) is 8.44. The predicted molar refractivity (Wildman–Crippen MR) is 117 cm³/mol. The van der Waals surface area contributed by atoms with Gasteiger partial charge in [0.25, 0.3) is 0 Å². The molecule has 0 aliphatic carbocycles. The van der Waals surface area contributed by atoms with Gasteiger partial charge in [0.2, 0.25) is 5.91 Å². The van der Waals surface area contributed by atoms with Gasteiger partial charge < -0.3 is 14.5 Å². The summed E-state index contributed by atoms with van der Waals surface area (Å²) >= 11 is 0. The fraction of sp³-hybridized carbons (Fsp3) is 0.0800. The largest absolute Gasteiger partial charge is 0.496 e. The molecule has 0 fully saturated rings. The number of hydrogen-bond acceptors (Lipinski definition) is 3. The molecule has 0 bridgehead atoms. The molecule has 31 heavy (non-hydrogen) atoms. The van der Waals surface area contributed by atoms with Crippen molar-refractivity contribution >= 4 is 28.1 Å². The Kier molecular flexibility index (Phi) is 5.54. The molecular formula is C25H19F2NO3. The van der Waals surface area contributed by atoms with Crippen molar-refractivity contribution in [2.24, 2.45) is 0 Å². The van der Waals surface area contributed by atoms with Crippen LogP contribution in [0.4, 0.5) is 14.5 Å². The minimum absolute atomic E-state index is 0.163. The normalized spacial score (nSPS) is 11.5. The molecule has 0 radical (unpaired) electrons. The number of furan rings is 1. The van der Waals surface area contributed by atoms with Crippen molar-refractivity contribution in [2.75, 3.05) is 12.4 Å². The van der Waals surface area contributed by atoms with Crippen LogP contribution in [0.1, 0.15) is 12.5 Å². The Morgan fingerprint density at radius 1 is 1.03 bits per heavy atom. The van der Waals surface area contributed by atoms with Gasteiger partial charge in [-0.25, -0.2) is 8.78 Å². The quantitative estimate of drug-likeness (QED) is 0.379. The van der Waals surface area contributed by atoms with Gasteiger partial charge in [0.05, 0.1) is 13.4 Å². The number of ether oxygens (including phenoxy) is 1. The number of halogens is 2. The van der Waals surface area contributed by atoms with Gasteiger partial charge in [-0.1, -0.05) is 30.3 Å². The van der Waals surface area contributed by atoms with Crippen molar-refractivity contribution in [3.8, 4) is 16.9 Å². The fourth-order valence-electron chi connectivity index (χ4n) is 3.40. The van der Waals surface area contributed by atoms with Gasteiger partial charge in [-0.2, -0.15) is 0 Å². The number of fused-ring (bicyclic) bond motifs is 1. The Morgan fingerprint density at radius 3 is 2.52 bits per heavy atom. The summed E-state index contributed by atoms with van der Waals surface area (Å²) in [7, 11) is 1.54. The molecule has 4 rings (SSSR count). The molecule has 0 aliphatic heterocycles. The Balaban J connectivity index is 1.69. The van der Waals surface area contributed by atoms with Crippen molar-refractivity contribution in [1.29, 1.82) is 0 Å². The molecule has 0 atom stereocenters. The number of anilines is 1. The van der Waals surface area contributed by atoms with Crippen LogP contribution < -0.4 is 10.1 Å². The average molecular weight is 419 g/mol. The van der Waals surface area contributed by atoms with Gasteiger partial charge in [0.1, 0.15) is 11.3 Å². The van der Waals surface area contributed by atoms with Crippen molar-refractivity contribution in [3.63, 3.8) is 0 Å². The van der Waals surface area contributed by atoms with E-state index in [9.17, 15) is 13.6 Å². The number of benzene rings is 3. The second-order valence-corrected chi connectivity index (χ2v) is 7.01. The van der Waals surface area contributed by atoms with Crippen LogP contribution in [0.5, 0.6) is 5.75 Å². The summed E-state index contributed by atoms with van der Waals surface area (Å²) in [6.45, 7) is 1.77. The van der Waals surface area contributed by atoms with Crippen molar-refractivity contribution < 1.29 is 22.7 Å². The summed E-state index contributed by atoms with van der Waals surface area (Å²) in [5, 5.41) is 3.42. The number of methoxy groups -OCH3 is 1. The molecule has 1 aromatic heterocycles. The molecular weight excluding hydrogens is 400 g/mol. The number of nitrogens with one attached hydrogen (secondary N) is 1. The first-order valence-corrected chi connectivity index (χ1v) is 9.55. The molecule has 1 amide bonds. The molecule has 4 aromatic rings. The van der Waals surface area contributed by atoms with Crippen LogP contribution in [0.25, 0.3) is 27.7 Å². The van der Waals surface area contributed by atoms with Crippen LogP contribution in [-0.2, 0) is 4.79 Å². The Bertz CT molecular complexity index is 1290. The monoisotopic (exact) mass is 419 g/mol. The molecule has 1 heterocycles. The van der Waals surface area contributed by atoms with E-state index in [1.807, 2.05) is 36.4 Å². The lowest BCUT2D eigenvalue weighted by molar-refractivity contribution is -0.111. The van der Waals surface area contributed by atoms with Crippen LogP contribution in [-0.4, -0.2) is 13.0 Å². The van der Waals surface area contributed by atoms with Gasteiger partial charge in [-0.3, -0.25) is 4.79 Å². The molecule has 4 nitrogen and oxygen atoms in total. The maximum Gasteiger partial charge on any atom is 0.248 e. The van der Waals surface area contributed by atoms with Gasteiger partial charge in [-0.15, -0.1) is 0 Å². The minimum Gasteiger partial charge on any atom is -0.496 e. The fourth-order valence-corrected chi connectivity index (χ4v) is 3.40. The number of allylic oxidation sites excluding steroid dienone is 1.